The highest BCUT2D eigenvalue weighted by atomic mass is 32.1. The second kappa shape index (κ2) is 8.20. The number of nitrogens with one attached hydrogen (secondary N) is 1. The van der Waals surface area contributed by atoms with Crippen molar-refractivity contribution in [1.29, 1.82) is 0 Å². The maximum atomic E-state index is 11.4. The molecular formula is C13H16N2O3S. The summed E-state index contributed by atoms with van der Waals surface area (Å²) in [7, 11) is 0. The summed E-state index contributed by atoms with van der Waals surface area (Å²) in [6.45, 7) is 4.22. The van der Waals surface area contributed by atoms with Gasteiger partial charge in [-0.05, 0) is 13.8 Å². The van der Waals surface area contributed by atoms with E-state index in [1.54, 1.807) is 24.5 Å². The van der Waals surface area contributed by atoms with Crippen molar-refractivity contribution in [3.05, 3.63) is 40.4 Å². The van der Waals surface area contributed by atoms with Crippen molar-refractivity contribution in [3.8, 4) is 0 Å². The molecule has 0 aliphatic carbocycles. The number of thiazole rings is 1. The number of amides is 1. The number of ether oxygens (including phenoxy) is 1. The Bertz CT molecular complexity index is 492. The van der Waals surface area contributed by atoms with Gasteiger partial charge in [0.2, 0.25) is 5.91 Å². The third-order valence-electron chi connectivity index (χ3n) is 2.00. The Hall–Kier alpha value is -1.95. The highest BCUT2D eigenvalue weighted by Crippen LogP contribution is 2.10. The molecule has 1 N–H and O–H groups in total. The zero-order valence-corrected chi connectivity index (χ0v) is 11.7. The van der Waals surface area contributed by atoms with Crippen LogP contribution < -0.4 is 5.32 Å². The molecular weight excluding hydrogens is 264 g/mol. The van der Waals surface area contributed by atoms with E-state index < -0.39 is 5.97 Å². The van der Waals surface area contributed by atoms with Gasteiger partial charge in [0, 0.05) is 11.5 Å². The van der Waals surface area contributed by atoms with E-state index in [-0.39, 0.29) is 11.6 Å². The zero-order valence-electron chi connectivity index (χ0n) is 10.9. The van der Waals surface area contributed by atoms with Crippen LogP contribution >= 0.6 is 11.3 Å². The average molecular weight is 280 g/mol. The van der Waals surface area contributed by atoms with Crippen LogP contribution in [0, 0.1) is 0 Å². The molecule has 6 heteroatoms. The summed E-state index contributed by atoms with van der Waals surface area (Å²) in [5.74, 6) is -0.643. The molecule has 0 radical (unpaired) electrons. The molecule has 0 aliphatic heterocycles. The summed E-state index contributed by atoms with van der Waals surface area (Å²) in [6.07, 6.45) is 6.68. The number of nitrogens with zero attached hydrogens (tertiary/aromatic N) is 1. The lowest BCUT2D eigenvalue weighted by molar-refractivity contribution is -0.116. The summed E-state index contributed by atoms with van der Waals surface area (Å²) >= 11 is 1.31. The van der Waals surface area contributed by atoms with Crippen molar-refractivity contribution in [2.45, 2.75) is 20.4 Å². The number of rotatable bonds is 6. The van der Waals surface area contributed by atoms with Gasteiger partial charge in [0.1, 0.15) is 5.01 Å². The summed E-state index contributed by atoms with van der Waals surface area (Å²) in [5, 5.41) is 4.96. The van der Waals surface area contributed by atoms with Gasteiger partial charge in [-0.15, -0.1) is 11.3 Å². The van der Waals surface area contributed by atoms with Gasteiger partial charge in [0.15, 0.2) is 5.69 Å². The zero-order chi connectivity index (χ0) is 14.1. The van der Waals surface area contributed by atoms with E-state index in [1.165, 1.54) is 17.4 Å². The minimum absolute atomic E-state index is 0.203. The van der Waals surface area contributed by atoms with Crippen LogP contribution in [-0.2, 0) is 16.1 Å². The van der Waals surface area contributed by atoms with Crippen molar-refractivity contribution in [3.63, 3.8) is 0 Å². The predicted octanol–water partition coefficient (Wildman–Crippen LogP) is 2.07. The van der Waals surface area contributed by atoms with E-state index in [2.05, 4.69) is 10.3 Å². The van der Waals surface area contributed by atoms with Crippen LogP contribution in [-0.4, -0.2) is 23.5 Å². The SMILES string of the molecule is C/C=C/C=C\C(=O)NCc1nc(C(=O)OCC)cs1. The number of carbonyl (C=O) groups is 2. The van der Waals surface area contributed by atoms with Gasteiger partial charge in [0.05, 0.1) is 13.2 Å². The largest absolute Gasteiger partial charge is 0.461 e. The Morgan fingerprint density at radius 1 is 1.47 bits per heavy atom. The van der Waals surface area contributed by atoms with E-state index in [1.807, 2.05) is 13.0 Å². The molecule has 0 spiro atoms. The van der Waals surface area contributed by atoms with Gasteiger partial charge in [-0.1, -0.05) is 18.2 Å². The molecule has 1 aromatic rings. The van der Waals surface area contributed by atoms with Crippen LogP contribution in [0.5, 0.6) is 0 Å². The number of aromatic nitrogens is 1. The van der Waals surface area contributed by atoms with E-state index in [0.29, 0.717) is 18.2 Å². The van der Waals surface area contributed by atoms with Crippen molar-refractivity contribution in [2.24, 2.45) is 0 Å². The van der Waals surface area contributed by atoms with Crippen LogP contribution in [0.2, 0.25) is 0 Å². The maximum Gasteiger partial charge on any atom is 0.357 e. The van der Waals surface area contributed by atoms with Gasteiger partial charge >= 0.3 is 5.97 Å². The first-order valence-electron chi connectivity index (χ1n) is 5.86. The maximum absolute atomic E-state index is 11.4. The fourth-order valence-electron chi connectivity index (χ4n) is 1.17. The number of allylic oxidation sites excluding steroid dienone is 3. The van der Waals surface area contributed by atoms with Crippen molar-refractivity contribution in [1.82, 2.24) is 10.3 Å². The molecule has 0 fully saturated rings. The highest BCUT2D eigenvalue weighted by molar-refractivity contribution is 7.09. The van der Waals surface area contributed by atoms with Crippen LogP contribution in [0.1, 0.15) is 29.3 Å². The van der Waals surface area contributed by atoms with Gasteiger partial charge in [-0.2, -0.15) is 0 Å². The Labute approximate surface area is 116 Å². The molecule has 0 aromatic carbocycles. The monoisotopic (exact) mass is 280 g/mol. The molecule has 0 bridgehead atoms. The standard InChI is InChI=1S/C13H16N2O3S/c1-3-5-6-7-11(16)14-8-12-15-10(9-19-12)13(17)18-4-2/h3,5-7,9H,4,8H2,1-2H3,(H,14,16)/b5-3+,7-6-. The Morgan fingerprint density at radius 3 is 2.95 bits per heavy atom. The molecule has 1 rings (SSSR count). The fraction of sp³-hybridized carbons (Fsp3) is 0.308. The Kier molecular flexibility index (Phi) is 6.52. The first-order valence-corrected chi connectivity index (χ1v) is 6.74. The second-order valence-electron chi connectivity index (χ2n) is 3.45. The number of esters is 1. The van der Waals surface area contributed by atoms with Crippen molar-refractivity contribution < 1.29 is 14.3 Å². The molecule has 1 amide bonds. The van der Waals surface area contributed by atoms with Crippen LogP contribution in [0.3, 0.4) is 0 Å². The van der Waals surface area contributed by atoms with Crippen molar-refractivity contribution in [2.75, 3.05) is 6.61 Å². The number of hydrogen-bond donors (Lipinski definition) is 1. The fourth-order valence-corrected chi connectivity index (χ4v) is 1.87. The second-order valence-corrected chi connectivity index (χ2v) is 4.39. The Balaban J connectivity index is 2.46. The minimum atomic E-state index is -0.440. The summed E-state index contributed by atoms with van der Waals surface area (Å²) in [5.41, 5.74) is 0.278. The van der Waals surface area contributed by atoms with E-state index in [0.717, 1.165) is 0 Å². The normalized spacial score (nSPS) is 11.1. The van der Waals surface area contributed by atoms with Crippen LogP contribution in [0.25, 0.3) is 0 Å². The average Bonchev–Trinajstić information content (AvgIpc) is 2.86. The first kappa shape index (κ1) is 15.1. The topological polar surface area (TPSA) is 68.3 Å². The molecule has 0 aliphatic rings. The van der Waals surface area contributed by atoms with Crippen LogP contribution in [0.4, 0.5) is 0 Å². The lowest BCUT2D eigenvalue weighted by Gasteiger charge is -1.98. The third kappa shape index (κ3) is 5.48. The highest BCUT2D eigenvalue weighted by Gasteiger charge is 2.11. The van der Waals surface area contributed by atoms with Crippen molar-refractivity contribution >= 4 is 23.2 Å². The van der Waals surface area contributed by atoms with Gasteiger partial charge in [0.25, 0.3) is 0 Å². The van der Waals surface area contributed by atoms with E-state index in [4.69, 9.17) is 4.74 Å². The van der Waals surface area contributed by atoms with Gasteiger partial charge in [-0.25, -0.2) is 9.78 Å². The summed E-state index contributed by atoms with van der Waals surface area (Å²) in [6, 6.07) is 0. The molecule has 5 nitrogen and oxygen atoms in total. The minimum Gasteiger partial charge on any atom is -0.461 e. The Morgan fingerprint density at radius 2 is 2.26 bits per heavy atom. The number of hydrogen-bond acceptors (Lipinski definition) is 5. The molecule has 0 saturated carbocycles. The van der Waals surface area contributed by atoms with E-state index >= 15 is 0 Å². The molecule has 19 heavy (non-hydrogen) atoms. The van der Waals surface area contributed by atoms with Gasteiger partial charge in [-0.3, -0.25) is 4.79 Å². The third-order valence-corrected chi connectivity index (χ3v) is 2.85. The molecule has 0 unspecified atom stereocenters. The van der Waals surface area contributed by atoms with Crippen LogP contribution in [0.15, 0.2) is 29.7 Å². The summed E-state index contributed by atoms with van der Waals surface area (Å²) < 4.78 is 4.83. The van der Waals surface area contributed by atoms with E-state index in [9.17, 15) is 9.59 Å². The molecule has 1 heterocycles. The first-order chi connectivity index (χ1) is 9.17. The number of carbonyl (C=O) groups excluding carboxylic acids is 2. The predicted molar refractivity (Wildman–Crippen MR) is 73.9 cm³/mol. The smallest absolute Gasteiger partial charge is 0.357 e. The molecule has 1 aromatic heterocycles. The molecule has 102 valence electrons. The molecule has 0 saturated heterocycles. The summed E-state index contributed by atoms with van der Waals surface area (Å²) in [4.78, 5) is 26.9. The van der Waals surface area contributed by atoms with Gasteiger partial charge < -0.3 is 10.1 Å². The lowest BCUT2D eigenvalue weighted by atomic mass is 10.4. The quantitative estimate of drug-likeness (QED) is 0.492. The lowest BCUT2D eigenvalue weighted by Crippen LogP contribution is -2.20. The molecule has 0 atom stereocenters.